The Labute approximate surface area is 120 Å². The van der Waals surface area contributed by atoms with E-state index in [4.69, 9.17) is 4.74 Å². The number of Topliss-reactive ketones (excluding diaryl/α,β-unsaturated/α-hetero) is 1. The Morgan fingerprint density at radius 2 is 2.20 bits per heavy atom. The molecule has 1 aliphatic rings. The van der Waals surface area contributed by atoms with E-state index in [-0.39, 0.29) is 11.7 Å². The second-order valence-electron chi connectivity index (χ2n) is 4.80. The maximum absolute atomic E-state index is 12.5. The molecule has 0 bridgehead atoms. The van der Waals surface area contributed by atoms with Crippen molar-refractivity contribution >= 4 is 20.9 Å². The van der Waals surface area contributed by atoms with E-state index in [0.29, 0.717) is 37.2 Å². The van der Waals surface area contributed by atoms with E-state index in [0.717, 1.165) is 24.8 Å². The molecule has 1 amide bonds. The highest BCUT2D eigenvalue weighted by Crippen LogP contribution is 2.22. The van der Waals surface area contributed by atoms with E-state index < -0.39 is 0 Å². The van der Waals surface area contributed by atoms with E-state index >= 15 is 0 Å². The van der Waals surface area contributed by atoms with Crippen LogP contribution in [0.25, 0.3) is 0 Å². The molecule has 0 fully saturated rings. The summed E-state index contributed by atoms with van der Waals surface area (Å²) in [6.45, 7) is 0.996. The molecule has 0 saturated heterocycles. The van der Waals surface area contributed by atoms with Crippen molar-refractivity contribution in [2.45, 2.75) is 25.7 Å². The Morgan fingerprint density at radius 1 is 1.45 bits per heavy atom. The van der Waals surface area contributed by atoms with Crippen molar-refractivity contribution in [2.75, 3.05) is 26.5 Å². The van der Waals surface area contributed by atoms with Crippen molar-refractivity contribution in [3.63, 3.8) is 0 Å². The van der Waals surface area contributed by atoms with Gasteiger partial charge in [-0.25, -0.2) is 0 Å². The van der Waals surface area contributed by atoms with Crippen LogP contribution in [0.3, 0.4) is 0 Å². The summed E-state index contributed by atoms with van der Waals surface area (Å²) in [4.78, 5) is 26.1. The van der Waals surface area contributed by atoms with Crippen LogP contribution in [0.2, 0.25) is 0 Å². The Bertz CT molecular complexity index is 501. The highest BCUT2D eigenvalue weighted by Gasteiger charge is 2.27. The van der Waals surface area contributed by atoms with Crippen LogP contribution in [-0.2, 0) is 11.2 Å². The van der Waals surface area contributed by atoms with Gasteiger partial charge in [-0.1, -0.05) is 0 Å². The molecule has 2 rings (SSSR count). The van der Waals surface area contributed by atoms with Gasteiger partial charge in [0.25, 0.3) is 5.91 Å². The number of aromatic nitrogens is 2. The van der Waals surface area contributed by atoms with Crippen LogP contribution in [0.15, 0.2) is 0 Å². The van der Waals surface area contributed by atoms with Crippen molar-refractivity contribution in [3.05, 3.63) is 17.0 Å². The largest absolute Gasteiger partial charge is 0.383 e. The first-order chi connectivity index (χ1) is 9.69. The molecule has 20 heavy (non-hydrogen) atoms. The topological polar surface area (TPSA) is 75.3 Å². The number of nitrogens with zero attached hydrogens (tertiary/aromatic N) is 2. The van der Waals surface area contributed by atoms with Crippen LogP contribution in [0.5, 0.6) is 0 Å². The number of H-pyrrole nitrogens is 1. The van der Waals surface area contributed by atoms with Gasteiger partial charge in [0.05, 0.1) is 6.61 Å². The minimum atomic E-state index is -0.125. The monoisotopic (exact) mass is 297 g/mol. The Kier molecular flexibility index (Phi) is 5.26. The molecule has 0 aliphatic heterocycles. The van der Waals surface area contributed by atoms with Gasteiger partial charge in [-0.3, -0.25) is 14.7 Å². The van der Waals surface area contributed by atoms with E-state index in [2.05, 4.69) is 19.4 Å². The van der Waals surface area contributed by atoms with Crippen molar-refractivity contribution in [2.24, 2.45) is 0 Å². The van der Waals surface area contributed by atoms with Gasteiger partial charge >= 0.3 is 0 Å². The summed E-state index contributed by atoms with van der Waals surface area (Å²) in [6, 6.07) is 0. The smallest absolute Gasteiger partial charge is 0.272 e. The van der Waals surface area contributed by atoms with Crippen molar-refractivity contribution in [1.82, 2.24) is 15.1 Å². The molecular weight excluding hydrogens is 277 g/mol. The lowest BCUT2D eigenvalue weighted by Crippen LogP contribution is -2.33. The number of ketones is 1. The van der Waals surface area contributed by atoms with Crippen molar-refractivity contribution in [1.29, 1.82) is 0 Å². The van der Waals surface area contributed by atoms with Crippen molar-refractivity contribution in [3.8, 4) is 0 Å². The highest BCUT2D eigenvalue weighted by atomic mass is 31.0. The van der Waals surface area contributed by atoms with Gasteiger partial charge in [0, 0.05) is 31.9 Å². The number of carbonyl (C=O) groups is 2. The van der Waals surface area contributed by atoms with Gasteiger partial charge < -0.3 is 9.64 Å². The number of ether oxygens (including phenoxy) is 1. The van der Waals surface area contributed by atoms with Gasteiger partial charge in [-0.15, -0.1) is 9.24 Å². The first kappa shape index (κ1) is 15.1. The average molecular weight is 297 g/mol. The van der Waals surface area contributed by atoms with Crippen LogP contribution < -0.4 is 0 Å². The summed E-state index contributed by atoms with van der Waals surface area (Å²) < 4.78 is 5.01. The second-order valence-corrected chi connectivity index (χ2v) is 5.17. The van der Waals surface area contributed by atoms with Gasteiger partial charge in [0.15, 0.2) is 5.78 Å². The number of rotatable bonds is 5. The molecule has 0 spiro atoms. The molecule has 1 aliphatic carbocycles. The quantitative estimate of drug-likeness (QED) is 0.655. The minimum absolute atomic E-state index is 0.0297. The van der Waals surface area contributed by atoms with E-state index in [1.165, 1.54) is 0 Å². The fourth-order valence-corrected chi connectivity index (χ4v) is 2.71. The lowest BCUT2D eigenvalue weighted by molar-refractivity contribution is 0.0726. The molecule has 1 aromatic heterocycles. The summed E-state index contributed by atoms with van der Waals surface area (Å²) in [5.41, 5.74) is 1.67. The first-order valence-corrected chi connectivity index (χ1v) is 7.59. The van der Waals surface area contributed by atoms with Crippen LogP contribution >= 0.6 is 9.24 Å². The summed E-state index contributed by atoms with van der Waals surface area (Å²) in [7, 11) is 4.14. The molecule has 7 heteroatoms. The molecule has 1 atom stereocenters. The number of amides is 1. The number of nitrogens with one attached hydrogen (secondary N) is 1. The number of hydrogen-bond acceptors (Lipinski definition) is 4. The highest BCUT2D eigenvalue weighted by molar-refractivity contribution is 7.16. The summed E-state index contributed by atoms with van der Waals surface area (Å²) in [6.07, 6.45) is 3.54. The van der Waals surface area contributed by atoms with Crippen LogP contribution in [-0.4, -0.2) is 53.3 Å². The zero-order chi connectivity index (χ0) is 14.5. The molecule has 1 unspecified atom stereocenters. The van der Waals surface area contributed by atoms with E-state index in [1.54, 1.807) is 12.0 Å². The maximum atomic E-state index is 12.5. The van der Waals surface area contributed by atoms with Gasteiger partial charge in [0.1, 0.15) is 11.4 Å². The number of methoxy groups -OCH3 is 1. The predicted molar refractivity (Wildman–Crippen MR) is 78.0 cm³/mol. The second kappa shape index (κ2) is 6.95. The van der Waals surface area contributed by atoms with Crippen molar-refractivity contribution < 1.29 is 14.3 Å². The Morgan fingerprint density at radius 3 is 2.90 bits per heavy atom. The minimum Gasteiger partial charge on any atom is -0.383 e. The Balaban J connectivity index is 2.24. The zero-order valence-electron chi connectivity index (χ0n) is 11.6. The van der Waals surface area contributed by atoms with Crippen LogP contribution in [0.1, 0.15) is 45.8 Å². The van der Waals surface area contributed by atoms with Crippen LogP contribution in [0, 0.1) is 0 Å². The molecule has 1 N–H and O–H groups in total. The summed E-state index contributed by atoms with van der Waals surface area (Å²) in [5, 5.41) is 6.81. The van der Waals surface area contributed by atoms with Gasteiger partial charge in [-0.2, -0.15) is 5.10 Å². The fourth-order valence-electron chi connectivity index (χ4n) is 2.36. The molecule has 1 aromatic rings. The van der Waals surface area contributed by atoms with E-state index in [1.807, 2.05) is 0 Å². The standard InChI is InChI=1S/C13H20N3O3P/c1-19-7-6-16(8-20)13(18)12-9-4-2-3-5-10(17)11(9)14-15-12/h2-8,20H2,1H3,(H,14,15). The molecule has 0 saturated carbocycles. The number of hydrogen-bond donors (Lipinski definition) is 1. The lowest BCUT2D eigenvalue weighted by atomic mass is 10.1. The van der Waals surface area contributed by atoms with Gasteiger partial charge in [-0.05, 0) is 19.3 Å². The molecular formula is C13H20N3O3P. The maximum Gasteiger partial charge on any atom is 0.272 e. The third-order valence-electron chi connectivity index (χ3n) is 3.50. The average Bonchev–Trinajstić information content (AvgIpc) is 2.79. The lowest BCUT2D eigenvalue weighted by Gasteiger charge is -2.20. The summed E-state index contributed by atoms with van der Waals surface area (Å²) >= 11 is 0. The molecule has 0 aromatic carbocycles. The van der Waals surface area contributed by atoms with E-state index in [9.17, 15) is 9.59 Å². The zero-order valence-corrected chi connectivity index (χ0v) is 12.8. The van der Waals surface area contributed by atoms with Gasteiger partial charge in [0.2, 0.25) is 0 Å². The third kappa shape index (κ3) is 3.07. The number of aromatic amines is 1. The third-order valence-corrected chi connectivity index (χ3v) is 3.94. The Hall–Kier alpha value is -1.26. The first-order valence-electron chi connectivity index (χ1n) is 6.77. The van der Waals surface area contributed by atoms with Crippen LogP contribution in [0.4, 0.5) is 0 Å². The molecule has 110 valence electrons. The molecule has 0 radical (unpaired) electrons. The summed E-state index contributed by atoms with van der Waals surface area (Å²) in [5.74, 6) is -0.0948. The number of fused-ring (bicyclic) bond motifs is 1. The normalized spacial score (nSPS) is 14.8. The fraction of sp³-hybridized carbons (Fsp3) is 0.615. The SMILES string of the molecule is COCCN(CP)C(=O)c1[nH]nc2c1CCCCC2=O. The molecule has 6 nitrogen and oxygen atoms in total. The molecule has 1 heterocycles. The number of carbonyl (C=O) groups excluding carboxylic acids is 2. The predicted octanol–water partition coefficient (Wildman–Crippen LogP) is 1.24.